The number of phenols is 1. The van der Waals surface area contributed by atoms with Crippen molar-refractivity contribution in [3.8, 4) is 11.5 Å². The predicted octanol–water partition coefficient (Wildman–Crippen LogP) is 2.42. The van der Waals surface area contributed by atoms with Crippen LogP contribution in [0.1, 0.15) is 17.2 Å². The van der Waals surface area contributed by atoms with E-state index < -0.39 is 0 Å². The van der Waals surface area contributed by atoms with E-state index in [0.29, 0.717) is 6.54 Å². The van der Waals surface area contributed by atoms with E-state index in [-0.39, 0.29) is 11.8 Å². The van der Waals surface area contributed by atoms with Crippen LogP contribution in [0.25, 0.3) is 0 Å². The molecule has 0 bridgehead atoms. The molecular formula is C16H18N2O2. The highest BCUT2D eigenvalue weighted by Crippen LogP contribution is 2.38. The molecule has 0 amide bonds. The number of nitrogens with zero attached hydrogens (tertiary/aromatic N) is 1. The topological polar surface area (TPSA) is 58.7 Å². The number of hydrogen-bond acceptors (Lipinski definition) is 4. The lowest BCUT2D eigenvalue weighted by atomic mass is 10.0. The number of nitrogens with two attached hydrogens (primary N) is 1. The molecule has 2 aromatic rings. The maximum absolute atomic E-state index is 9.40. The Bertz CT molecular complexity index is 610. The molecule has 104 valence electrons. The van der Waals surface area contributed by atoms with Crippen LogP contribution in [0, 0.1) is 0 Å². The van der Waals surface area contributed by atoms with Gasteiger partial charge >= 0.3 is 0 Å². The molecule has 2 aromatic carbocycles. The molecule has 20 heavy (non-hydrogen) atoms. The van der Waals surface area contributed by atoms with Gasteiger partial charge in [-0.25, -0.2) is 0 Å². The van der Waals surface area contributed by atoms with Crippen molar-refractivity contribution >= 4 is 5.69 Å². The predicted molar refractivity (Wildman–Crippen MR) is 79.1 cm³/mol. The fraction of sp³-hybridized carbons (Fsp3) is 0.250. The summed E-state index contributed by atoms with van der Waals surface area (Å²) in [6.07, 6.45) is 0. The summed E-state index contributed by atoms with van der Waals surface area (Å²) in [7, 11) is 1.67. The summed E-state index contributed by atoms with van der Waals surface area (Å²) in [5, 5.41) is 9.40. The van der Waals surface area contributed by atoms with Gasteiger partial charge in [-0.3, -0.25) is 0 Å². The standard InChI is InChI=1S/C16H18N2O2/c1-20-14-7-2-11-10-18(16(9-17)15(11)8-14)12-3-5-13(19)6-4-12/h2-8,16,19H,9-10,17H2,1H3. The SMILES string of the molecule is COc1ccc2c(c1)C(CN)N(c1ccc(O)cc1)C2. The Labute approximate surface area is 118 Å². The first-order chi connectivity index (χ1) is 9.72. The van der Waals surface area contributed by atoms with Crippen molar-refractivity contribution in [2.24, 2.45) is 5.73 Å². The molecule has 0 aromatic heterocycles. The van der Waals surface area contributed by atoms with Gasteiger partial charge < -0.3 is 20.5 Å². The fourth-order valence-corrected chi connectivity index (χ4v) is 2.79. The number of phenolic OH excluding ortho intramolecular Hbond substituents is 1. The highest BCUT2D eigenvalue weighted by molar-refractivity contribution is 5.57. The summed E-state index contributed by atoms with van der Waals surface area (Å²) >= 11 is 0. The number of ether oxygens (including phenoxy) is 1. The van der Waals surface area contributed by atoms with Gasteiger partial charge in [0.05, 0.1) is 13.2 Å². The van der Waals surface area contributed by atoms with Gasteiger partial charge in [0, 0.05) is 18.8 Å². The van der Waals surface area contributed by atoms with Gasteiger partial charge in [0.25, 0.3) is 0 Å². The molecule has 1 aliphatic rings. The Morgan fingerprint density at radius 1 is 1.25 bits per heavy atom. The summed E-state index contributed by atoms with van der Waals surface area (Å²) in [6.45, 7) is 1.37. The number of rotatable bonds is 3. The smallest absolute Gasteiger partial charge is 0.119 e. The molecular weight excluding hydrogens is 252 g/mol. The second-order valence-corrected chi connectivity index (χ2v) is 4.96. The third-order valence-corrected chi connectivity index (χ3v) is 3.83. The van der Waals surface area contributed by atoms with Crippen molar-refractivity contribution in [3.05, 3.63) is 53.6 Å². The van der Waals surface area contributed by atoms with Gasteiger partial charge in [-0.2, -0.15) is 0 Å². The third kappa shape index (κ3) is 2.08. The van der Waals surface area contributed by atoms with Crippen LogP contribution < -0.4 is 15.4 Å². The monoisotopic (exact) mass is 270 g/mol. The highest BCUT2D eigenvalue weighted by Gasteiger charge is 2.29. The van der Waals surface area contributed by atoms with Crippen LogP contribution in [0.3, 0.4) is 0 Å². The Kier molecular flexibility index (Phi) is 3.24. The van der Waals surface area contributed by atoms with Crippen molar-refractivity contribution in [3.63, 3.8) is 0 Å². The molecule has 0 saturated carbocycles. The molecule has 1 heterocycles. The summed E-state index contributed by atoms with van der Waals surface area (Å²) in [4.78, 5) is 2.25. The second kappa shape index (κ2) is 5.06. The first-order valence-electron chi connectivity index (χ1n) is 6.65. The van der Waals surface area contributed by atoms with E-state index in [1.807, 2.05) is 18.2 Å². The van der Waals surface area contributed by atoms with Crippen LogP contribution in [-0.2, 0) is 6.54 Å². The van der Waals surface area contributed by atoms with Crippen molar-refractivity contribution in [2.45, 2.75) is 12.6 Å². The summed E-state index contributed by atoms with van der Waals surface area (Å²) < 4.78 is 5.30. The van der Waals surface area contributed by atoms with Crippen molar-refractivity contribution in [1.29, 1.82) is 0 Å². The Morgan fingerprint density at radius 2 is 2.00 bits per heavy atom. The quantitative estimate of drug-likeness (QED) is 0.899. The number of aromatic hydroxyl groups is 1. The van der Waals surface area contributed by atoms with E-state index in [1.165, 1.54) is 11.1 Å². The largest absolute Gasteiger partial charge is 0.508 e. The van der Waals surface area contributed by atoms with Crippen LogP contribution in [0.4, 0.5) is 5.69 Å². The number of benzene rings is 2. The summed E-state index contributed by atoms with van der Waals surface area (Å²) in [6, 6.07) is 13.5. The molecule has 3 rings (SSSR count). The molecule has 3 N–H and O–H groups in total. The molecule has 4 nitrogen and oxygen atoms in total. The lowest BCUT2D eigenvalue weighted by Crippen LogP contribution is -2.27. The lowest BCUT2D eigenvalue weighted by Gasteiger charge is -2.26. The molecule has 0 radical (unpaired) electrons. The zero-order valence-corrected chi connectivity index (χ0v) is 11.4. The lowest BCUT2D eigenvalue weighted by molar-refractivity contribution is 0.414. The fourth-order valence-electron chi connectivity index (χ4n) is 2.79. The molecule has 0 fully saturated rings. The van der Waals surface area contributed by atoms with Crippen LogP contribution in [0.15, 0.2) is 42.5 Å². The van der Waals surface area contributed by atoms with Crippen LogP contribution >= 0.6 is 0 Å². The maximum Gasteiger partial charge on any atom is 0.119 e. The average Bonchev–Trinajstić information content (AvgIpc) is 2.85. The summed E-state index contributed by atoms with van der Waals surface area (Å²) in [5.41, 5.74) is 9.52. The molecule has 1 atom stereocenters. The Morgan fingerprint density at radius 3 is 2.65 bits per heavy atom. The van der Waals surface area contributed by atoms with Gasteiger partial charge in [0.15, 0.2) is 0 Å². The van der Waals surface area contributed by atoms with Gasteiger partial charge in [-0.1, -0.05) is 6.07 Å². The maximum atomic E-state index is 9.40. The van der Waals surface area contributed by atoms with E-state index in [2.05, 4.69) is 17.0 Å². The zero-order chi connectivity index (χ0) is 14.1. The normalized spacial score (nSPS) is 17.1. The van der Waals surface area contributed by atoms with Crippen LogP contribution in [-0.4, -0.2) is 18.8 Å². The third-order valence-electron chi connectivity index (χ3n) is 3.83. The van der Waals surface area contributed by atoms with Crippen LogP contribution in [0.5, 0.6) is 11.5 Å². The van der Waals surface area contributed by atoms with E-state index in [4.69, 9.17) is 10.5 Å². The molecule has 0 saturated heterocycles. The zero-order valence-electron chi connectivity index (χ0n) is 11.4. The number of anilines is 1. The van der Waals surface area contributed by atoms with Gasteiger partial charge in [-0.05, 0) is 47.5 Å². The molecule has 0 spiro atoms. The minimum absolute atomic E-state index is 0.143. The highest BCUT2D eigenvalue weighted by atomic mass is 16.5. The molecule has 4 heteroatoms. The number of hydrogen-bond donors (Lipinski definition) is 2. The summed E-state index contributed by atoms with van der Waals surface area (Å²) in [5.74, 6) is 1.13. The van der Waals surface area contributed by atoms with Crippen LogP contribution in [0.2, 0.25) is 0 Å². The Hall–Kier alpha value is -2.20. The van der Waals surface area contributed by atoms with Crippen molar-refractivity contribution in [1.82, 2.24) is 0 Å². The Balaban J connectivity index is 1.97. The van der Waals surface area contributed by atoms with Crippen molar-refractivity contribution < 1.29 is 9.84 Å². The van der Waals surface area contributed by atoms with E-state index in [1.54, 1.807) is 19.2 Å². The number of fused-ring (bicyclic) bond motifs is 1. The minimum Gasteiger partial charge on any atom is -0.508 e. The molecule has 1 aliphatic heterocycles. The molecule has 1 unspecified atom stereocenters. The van der Waals surface area contributed by atoms with Gasteiger partial charge in [0.2, 0.25) is 0 Å². The van der Waals surface area contributed by atoms with E-state index in [0.717, 1.165) is 18.0 Å². The second-order valence-electron chi connectivity index (χ2n) is 4.96. The van der Waals surface area contributed by atoms with E-state index >= 15 is 0 Å². The molecule has 0 aliphatic carbocycles. The first kappa shape index (κ1) is 12.8. The van der Waals surface area contributed by atoms with E-state index in [9.17, 15) is 5.11 Å². The average molecular weight is 270 g/mol. The minimum atomic E-state index is 0.143. The van der Waals surface area contributed by atoms with Crippen molar-refractivity contribution in [2.75, 3.05) is 18.6 Å². The first-order valence-corrected chi connectivity index (χ1v) is 6.65. The van der Waals surface area contributed by atoms with Gasteiger partial charge in [0.1, 0.15) is 11.5 Å². The van der Waals surface area contributed by atoms with Gasteiger partial charge in [-0.15, -0.1) is 0 Å². The number of methoxy groups -OCH3 is 1.